The van der Waals surface area contributed by atoms with Crippen molar-refractivity contribution in [2.24, 2.45) is 0 Å². The van der Waals surface area contributed by atoms with Crippen LogP contribution in [-0.4, -0.2) is 23.9 Å². The highest BCUT2D eigenvalue weighted by Gasteiger charge is 2.15. The summed E-state index contributed by atoms with van der Waals surface area (Å²) in [6.45, 7) is 3.17. The average molecular weight is 384 g/mol. The van der Waals surface area contributed by atoms with Gasteiger partial charge in [0.05, 0.1) is 35.3 Å². The van der Waals surface area contributed by atoms with Crippen molar-refractivity contribution in [2.45, 2.75) is 13.8 Å². The lowest BCUT2D eigenvalue weighted by atomic mass is 10.1. The molecule has 0 fully saturated rings. The first-order chi connectivity index (χ1) is 12.9. The highest BCUT2D eigenvalue weighted by molar-refractivity contribution is 6.31. The van der Waals surface area contributed by atoms with Gasteiger partial charge in [-0.3, -0.25) is 14.6 Å². The summed E-state index contributed by atoms with van der Waals surface area (Å²) in [5.41, 5.74) is 2.67. The summed E-state index contributed by atoms with van der Waals surface area (Å²) in [7, 11) is 1.53. The molecule has 0 aliphatic rings. The summed E-state index contributed by atoms with van der Waals surface area (Å²) in [4.78, 5) is 28.8. The molecule has 0 aliphatic carbocycles. The fourth-order valence-electron chi connectivity index (χ4n) is 2.72. The van der Waals surface area contributed by atoms with Crippen LogP contribution in [0, 0.1) is 6.92 Å². The van der Waals surface area contributed by atoms with E-state index in [0.29, 0.717) is 33.4 Å². The van der Waals surface area contributed by atoms with Crippen LogP contribution in [0.2, 0.25) is 5.02 Å². The predicted molar refractivity (Wildman–Crippen MR) is 107 cm³/mol. The van der Waals surface area contributed by atoms with E-state index >= 15 is 0 Å². The second-order valence-electron chi connectivity index (χ2n) is 6.01. The molecule has 0 saturated heterocycles. The summed E-state index contributed by atoms with van der Waals surface area (Å²) < 4.78 is 5.21. The molecule has 1 heterocycles. The number of nitrogens with one attached hydrogen (secondary N) is 2. The molecule has 3 rings (SSSR count). The van der Waals surface area contributed by atoms with E-state index in [1.807, 2.05) is 6.07 Å². The quantitative estimate of drug-likeness (QED) is 0.699. The van der Waals surface area contributed by atoms with E-state index in [1.165, 1.54) is 14.0 Å². The van der Waals surface area contributed by atoms with Crippen LogP contribution < -0.4 is 15.4 Å². The van der Waals surface area contributed by atoms with Crippen molar-refractivity contribution in [2.75, 3.05) is 17.7 Å². The molecule has 0 aliphatic heterocycles. The van der Waals surface area contributed by atoms with Crippen LogP contribution in [0.4, 0.5) is 11.4 Å². The fraction of sp³-hybridized carbons (Fsp3) is 0.150. The van der Waals surface area contributed by atoms with E-state index < -0.39 is 0 Å². The highest BCUT2D eigenvalue weighted by atomic mass is 35.5. The molecule has 2 N–H and O–H groups in total. The molecule has 7 heteroatoms. The number of carbonyl (C=O) groups is 2. The number of halogens is 1. The highest BCUT2D eigenvalue weighted by Crippen LogP contribution is 2.28. The first-order valence-corrected chi connectivity index (χ1v) is 8.59. The normalized spacial score (nSPS) is 10.5. The van der Waals surface area contributed by atoms with Gasteiger partial charge in [-0.2, -0.15) is 0 Å². The zero-order chi connectivity index (χ0) is 19.6. The molecule has 0 unspecified atom stereocenters. The van der Waals surface area contributed by atoms with E-state index in [1.54, 1.807) is 43.3 Å². The second kappa shape index (κ2) is 7.63. The number of benzene rings is 2. The Morgan fingerprint density at radius 1 is 1.04 bits per heavy atom. The Labute approximate surface area is 161 Å². The molecular weight excluding hydrogens is 366 g/mol. The molecule has 0 spiro atoms. The molecule has 2 amide bonds. The lowest BCUT2D eigenvalue weighted by molar-refractivity contribution is -0.114. The smallest absolute Gasteiger partial charge is 0.257 e. The van der Waals surface area contributed by atoms with Crippen LogP contribution in [0.15, 0.2) is 42.5 Å². The van der Waals surface area contributed by atoms with Gasteiger partial charge in [-0.1, -0.05) is 11.6 Å². The molecular formula is C20H18ClN3O3. The van der Waals surface area contributed by atoms with Gasteiger partial charge in [-0.25, -0.2) is 0 Å². The van der Waals surface area contributed by atoms with Crippen LogP contribution >= 0.6 is 11.6 Å². The molecule has 138 valence electrons. The van der Waals surface area contributed by atoms with Gasteiger partial charge >= 0.3 is 0 Å². The zero-order valence-electron chi connectivity index (χ0n) is 15.1. The number of hydrogen-bond donors (Lipinski definition) is 2. The average Bonchev–Trinajstić information content (AvgIpc) is 2.62. The SMILES string of the molecule is COc1ccc(NC(C)=O)c(NC(=O)c2cc3cc(Cl)ccc3nc2C)c1. The number of methoxy groups -OCH3 is 1. The van der Waals surface area contributed by atoms with Crippen LogP contribution in [0.3, 0.4) is 0 Å². The summed E-state index contributed by atoms with van der Waals surface area (Å²) in [6.07, 6.45) is 0. The molecule has 0 saturated carbocycles. The van der Waals surface area contributed by atoms with Crippen LogP contribution in [0.5, 0.6) is 5.75 Å². The lowest BCUT2D eigenvalue weighted by Gasteiger charge is -2.14. The van der Waals surface area contributed by atoms with Gasteiger partial charge in [0.15, 0.2) is 0 Å². The number of amides is 2. The molecule has 0 radical (unpaired) electrons. The minimum Gasteiger partial charge on any atom is -0.497 e. The van der Waals surface area contributed by atoms with Crippen LogP contribution in [-0.2, 0) is 4.79 Å². The Morgan fingerprint density at radius 2 is 1.81 bits per heavy atom. The molecule has 0 bridgehead atoms. The Hall–Kier alpha value is -3.12. The van der Waals surface area contributed by atoms with Crippen molar-refractivity contribution in [1.82, 2.24) is 4.98 Å². The largest absolute Gasteiger partial charge is 0.497 e. The van der Waals surface area contributed by atoms with Gasteiger partial charge in [0.2, 0.25) is 5.91 Å². The number of aryl methyl sites for hydroxylation is 1. The zero-order valence-corrected chi connectivity index (χ0v) is 15.8. The first kappa shape index (κ1) is 18.7. The van der Waals surface area contributed by atoms with Crippen molar-refractivity contribution in [3.63, 3.8) is 0 Å². The molecule has 2 aromatic carbocycles. The summed E-state index contributed by atoms with van der Waals surface area (Å²) in [5.74, 6) is -0.0323. The van der Waals surface area contributed by atoms with Crippen molar-refractivity contribution < 1.29 is 14.3 Å². The number of nitrogens with zero attached hydrogens (tertiary/aromatic N) is 1. The third-order valence-electron chi connectivity index (χ3n) is 4.00. The van der Waals surface area contributed by atoms with Crippen molar-refractivity contribution in [1.29, 1.82) is 0 Å². The number of pyridine rings is 1. The summed E-state index contributed by atoms with van der Waals surface area (Å²) in [5, 5.41) is 6.85. The molecule has 6 nitrogen and oxygen atoms in total. The van der Waals surface area contributed by atoms with Gasteiger partial charge < -0.3 is 15.4 Å². The summed E-state index contributed by atoms with van der Waals surface area (Å²) >= 11 is 6.04. The monoisotopic (exact) mass is 383 g/mol. The molecule has 1 aromatic heterocycles. The number of fused-ring (bicyclic) bond motifs is 1. The van der Waals surface area contributed by atoms with Gasteiger partial charge in [0.25, 0.3) is 5.91 Å². The molecule has 0 atom stereocenters. The first-order valence-electron chi connectivity index (χ1n) is 8.21. The maximum absolute atomic E-state index is 12.9. The van der Waals surface area contributed by atoms with Gasteiger partial charge in [0.1, 0.15) is 5.75 Å². The number of anilines is 2. The minimum atomic E-state index is -0.346. The number of aromatic nitrogens is 1. The number of ether oxygens (including phenoxy) is 1. The van der Waals surface area contributed by atoms with E-state index in [9.17, 15) is 9.59 Å². The topological polar surface area (TPSA) is 80.3 Å². The predicted octanol–water partition coefficient (Wildman–Crippen LogP) is 4.42. The third-order valence-corrected chi connectivity index (χ3v) is 4.23. The molecule has 3 aromatic rings. The second-order valence-corrected chi connectivity index (χ2v) is 6.44. The standard InChI is InChI=1S/C20H18ClN3O3/c1-11-16(9-13-8-14(21)4-6-17(13)22-11)20(26)24-19-10-15(27-3)5-7-18(19)23-12(2)25/h4-10H,1-3H3,(H,23,25)(H,24,26). The Balaban J connectivity index is 1.98. The molecule has 27 heavy (non-hydrogen) atoms. The minimum absolute atomic E-state index is 0.242. The summed E-state index contributed by atoms with van der Waals surface area (Å²) in [6, 6.07) is 12.1. The number of carbonyl (C=O) groups excluding carboxylic acids is 2. The maximum Gasteiger partial charge on any atom is 0.257 e. The van der Waals surface area contributed by atoms with E-state index in [0.717, 1.165) is 10.9 Å². The Morgan fingerprint density at radius 3 is 2.52 bits per heavy atom. The fourth-order valence-corrected chi connectivity index (χ4v) is 2.90. The van der Waals surface area contributed by atoms with Crippen molar-refractivity contribution >= 4 is 45.7 Å². The number of rotatable bonds is 4. The van der Waals surface area contributed by atoms with E-state index in [4.69, 9.17) is 16.3 Å². The third kappa shape index (κ3) is 4.17. The van der Waals surface area contributed by atoms with Crippen molar-refractivity contribution in [3.8, 4) is 5.75 Å². The van der Waals surface area contributed by atoms with Gasteiger partial charge in [-0.15, -0.1) is 0 Å². The van der Waals surface area contributed by atoms with Gasteiger partial charge in [0, 0.05) is 23.4 Å². The van der Waals surface area contributed by atoms with Crippen molar-refractivity contribution in [3.05, 3.63) is 58.7 Å². The number of hydrogen-bond acceptors (Lipinski definition) is 4. The Kier molecular flexibility index (Phi) is 5.28. The van der Waals surface area contributed by atoms with E-state index in [2.05, 4.69) is 15.6 Å². The lowest BCUT2D eigenvalue weighted by Crippen LogP contribution is -2.16. The van der Waals surface area contributed by atoms with Crippen LogP contribution in [0.1, 0.15) is 23.0 Å². The van der Waals surface area contributed by atoms with Crippen LogP contribution in [0.25, 0.3) is 10.9 Å². The Bertz CT molecular complexity index is 1050. The van der Waals surface area contributed by atoms with E-state index in [-0.39, 0.29) is 11.8 Å². The van der Waals surface area contributed by atoms with Gasteiger partial charge in [-0.05, 0) is 43.3 Å². The maximum atomic E-state index is 12.9.